The summed E-state index contributed by atoms with van der Waals surface area (Å²) >= 11 is 6.66. The Bertz CT molecular complexity index is 658. The Kier molecular flexibility index (Phi) is 8.06. The predicted octanol–water partition coefficient (Wildman–Crippen LogP) is 5.33. The number of halogens is 3. The average Bonchev–Trinajstić information content (AvgIpc) is 2.52. The number of piperidine rings is 1. The van der Waals surface area contributed by atoms with Crippen LogP contribution in [-0.2, 0) is 9.47 Å². The molecule has 1 saturated heterocycles. The second kappa shape index (κ2) is 9.08. The Morgan fingerprint density at radius 1 is 1.12 bits per heavy atom. The molecule has 2 rings (SSSR count). The van der Waals surface area contributed by atoms with Crippen LogP contribution in [0.3, 0.4) is 0 Å². The summed E-state index contributed by atoms with van der Waals surface area (Å²) in [5.41, 5.74) is 0.816. The van der Waals surface area contributed by atoms with Crippen molar-refractivity contribution in [3.8, 4) is 0 Å². The molecule has 7 heteroatoms. The van der Waals surface area contributed by atoms with E-state index in [1.54, 1.807) is 0 Å². The van der Waals surface area contributed by atoms with Gasteiger partial charge in [-0.15, -0.1) is 0 Å². The van der Waals surface area contributed by atoms with Crippen LogP contribution in [0.5, 0.6) is 0 Å². The minimum atomic E-state index is -0.279. The minimum Gasteiger partial charge on any atom is -0.460 e. The highest BCUT2D eigenvalue weighted by Gasteiger charge is 2.43. The van der Waals surface area contributed by atoms with E-state index in [2.05, 4.69) is 107 Å². The van der Waals surface area contributed by atoms with Crippen molar-refractivity contribution in [2.24, 2.45) is 0 Å². The van der Waals surface area contributed by atoms with Crippen molar-refractivity contribution in [2.45, 2.75) is 57.7 Å². The van der Waals surface area contributed by atoms with Gasteiger partial charge in [0.2, 0.25) is 0 Å². The Balaban J connectivity index is 1.87. The maximum atomic E-state index is 12.4. The molecule has 0 saturated carbocycles. The first-order valence-electron chi connectivity index (χ1n) is 8.61. The first kappa shape index (κ1) is 23.1. The van der Waals surface area contributed by atoms with E-state index in [1.165, 1.54) is 0 Å². The molecule has 1 aromatic carbocycles. The smallest absolute Gasteiger partial charge is 0.339 e. The minimum absolute atomic E-state index is 0.0939. The maximum Gasteiger partial charge on any atom is 0.339 e. The van der Waals surface area contributed by atoms with E-state index in [-0.39, 0.29) is 29.8 Å². The van der Waals surface area contributed by atoms with Crippen LogP contribution in [0.15, 0.2) is 12.1 Å². The highest BCUT2D eigenvalue weighted by molar-refractivity contribution is 14.1. The molecule has 4 nitrogen and oxygen atoms in total. The zero-order valence-electron chi connectivity index (χ0n) is 15.9. The van der Waals surface area contributed by atoms with Crippen LogP contribution in [0.2, 0.25) is 0 Å². The zero-order valence-corrected chi connectivity index (χ0v) is 22.3. The van der Waals surface area contributed by atoms with Gasteiger partial charge in [-0.05, 0) is 127 Å². The monoisotopic (exact) mass is 697 g/mol. The number of benzene rings is 1. The molecule has 0 N–H and O–H groups in total. The fraction of sp³-hybridized carbons (Fsp3) is 0.632. The standard InChI is InChI=1S/C19H26I3NO3/c1-18(2)10-13(11-19(3,4)23(18)5)25-6-7-26-17(24)14-8-12(20)9-15(21)16(14)22/h8-9,13H,6-7,10-11H2,1-5H3. The van der Waals surface area contributed by atoms with E-state index in [0.717, 1.165) is 23.6 Å². The third-order valence-electron chi connectivity index (χ3n) is 5.15. The van der Waals surface area contributed by atoms with E-state index >= 15 is 0 Å². The molecule has 0 aromatic heterocycles. The summed E-state index contributed by atoms with van der Waals surface area (Å²) in [6, 6.07) is 3.92. The molecule has 1 aromatic rings. The number of rotatable bonds is 5. The van der Waals surface area contributed by atoms with Gasteiger partial charge < -0.3 is 9.47 Å². The van der Waals surface area contributed by atoms with E-state index in [9.17, 15) is 4.79 Å². The Labute approximate surface area is 197 Å². The number of ether oxygens (including phenoxy) is 2. The van der Waals surface area contributed by atoms with Crippen LogP contribution in [0, 0.1) is 10.7 Å². The lowest BCUT2D eigenvalue weighted by Crippen LogP contribution is -2.60. The van der Waals surface area contributed by atoms with Crippen LogP contribution in [0.1, 0.15) is 50.9 Å². The molecule has 0 unspecified atom stereocenters. The van der Waals surface area contributed by atoms with Crippen LogP contribution in [0.4, 0.5) is 0 Å². The molecule has 1 heterocycles. The van der Waals surface area contributed by atoms with Gasteiger partial charge in [-0.1, -0.05) is 0 Å². The van der Waals surface area contributed by atoms with E-state index < -0.39 is 0 Å². The van der Waals surface area contributed by atoms with Crippen molar-refractivity contribution >= 4 is 73.7 Å². The fourth-order valence-electron chi connectivity index (χ4n) is 3.53. The van der Waals surface area contributed by atoms with Crippen molar-refractivity contribution in [3.05, 3.63) is 28.4 Å². The summed E-state index contributed by atoms with van der Waals surface area (Å²) in [6.07, 6.45) is 2.15. The van der Waals surface area contributed by atoms with Gasteiger partial charge in [-0.2, -0.15) is 0 Å². The lowest BCUT2D eigenvalue weighted by atomic mass is 9.79. The Hall–Kier alpha value is 0.800. The van der Waals surface area contributed by atoms with Gasteiger partial charge in [0.1, 0.15) is 6.61 Å². The highest BCUT2D eigenvalue weighted by Crippen LogP contribution is 2.38. The molecule has 1 aliphatic heterocycles. The molecule has 0 bridgehead atoms. The third kappa shape index (κ3) is 5.66. The molecule has 0 radical (unpaired) electrons. The molecule has 1 aliphatic rings. The van der Waals surface area contributed by atoms with Crippen molar-refractivity contribution < 1.29 is 14.3 Å². The normalized spacial score (nSPS) is 20.2. The molecule has 26 heavy (non-hydrogen) atoms. The lowest BCUT2D eigenvalue weighted by Gasteiger charge is -2.53. The van der Waals surface area contributed by atoms with Gasteiger partial charge in [-0.3, -0.25) is 4.90 Å². The zero-order chi connectivity index (χ0) is 19.7. The number of nitrogens with zero attached hydrogens (tertiary/aromatic N) is 1. The first-order valence-corrected chi connectivity index (χ1v) is 11.8. The van der Waals surface area contributed by atoms with Crippen molar-refractivity contribution in [2.75, 3.05) is 20.3 Å². The van der Waals surface area contributed by atoms with Gasteiger partial charge in [0, 0.05) is 21.8 Å². The SMILES string of the molecule is CN1C(C)(C)CC(OCCOC(=O)c2cc(I)cc(I)c2I)CC1(C)C. The van der Waals surface area contributed by atoms with E-state index in [0.29, 0.717) is 12.2 Å². The quantitative estimate of drug-likeness (QED) is 0.181. The van der Waals surface area contributed by atoms with Gasteiger partial charge in [0.05, 0.1) is 18.3 Å². The van der Waals surface area contributed by atoms with Crippen LogP contribution < -0.4 is 0 Å². The second-order valence-electron chi connectivity index (χ2n) is 7.97. The largest absolute Gasteiger partial charge is 0.460 e. The van der Waals surface area contributed by atoms with Crippen LogP contribution >= 0.6 is 67.8 Å². The predicted molar refractivity (Wildman–Crippen MR) is 130 cm³/mol. The Morgan fingerprint density at radius 2 is 1.69 bits per heavy atom. The van der Waals surface area contributed by atoms with Gasteiger partial charge in [0.15, 0.2) is 0 Å². The summed E-state index contributed by atoms with van der Waals surface area (Å²) in [7, 11) is 2.18. The number of carbonyl (C=O) groups is 1. The summed E-state index contributed by atoms with van der Waals surface area (Å²) in [6.45, 7) is 9.74. The molecule has 0 amide bonds. The summed E-state index contributed by atoms with van der Waals surface area (Å²) in [5, 5.41) is 0. The van der Waals surface area contributed by atoms with Gasteiger partial charge in [-0.25, -0.2) is 4.79 Å². The Morgan fingerprint density at radius 3 is 2.27 bits per heavy atom. The van der Waals surface area contributed by atoms with Gasteiger partial charge in [0.25, 0.3) is 0 Å². The van der Waals surface area contributed by atoms with E-state index in [1.807, 2.05) is 12.1 Å². The van der Waals surface area contributed by atoms with Crippen molar-refractivity contribution in [1.29, 1.82) is 0 Å². The number of hydrogen-bond donors (Lipinski definition) is 0. The fourth-order valence-corrected chi connectivity index (χ4v) is 5.91. The van der Waals surface area contributed by atoms with Crippen LogP contribution in [-0.4, -0.2) is 48.3 Å². The second-order valence-corrected chi connectivity index (χ2v) is 11.5. The summed E-state index contributed by atoms with van der Waals surface area (Å²) < 4.78 is 14.5. The number of hydrogen-bond acceptors (Lipinski definition) is 4. The molecule has 146 valence electrons. The maximum absolute atomic E-state index is 12.4. The van der Waals surface area contributed by atoms with E-state index in [4.69, 9.17) is 9.47 Å². The molecule has 0 aliphatic carbocycles. The first-order chi connectivity index (χ1) is 11.9. The third-order valence-corrected chi connectivity index (χ3v) is 8.82. The molecular formula is C19H26I3NO3. The lowest BCUT2D eigenvalue weighted by molar-refractivity contribution is -0.0967. The number of esters is 1. The molecule has 0 spiro atoms. The summed E-state index contributed by atoms with van der Waals surface area (Å²) in [4.78, 5) is 14.8. The van der Waals surface area contributed by atoms with Gasteiger partial charge >= 0.3 is 5.97 Å². The highest BCUT2D eigenvalue weighted by atomic mass is 127. The molecular weight excluding hydrogens is 671 g/mol. The molecule has 0 atom stereocenters. The number of likely N-dealkylation sites (tertiary alicyclic amines) is 1. The van der Waals surface area contributed by atoms with Crippen molar-refractivity contribution in [1.82, 2.24) is 4.90 Å². The summed E-state index contributed by atoms with van der Waals surface area (Å²) in [5.74, 6) is -0.279. The number of carbonyl (C=O) groups excluding carboxylic acids is 1. The average molecular weight is 697 g/mol. The topological polar surface area (TPSA) is 38.8 Å². The molecule has 1 fully saturated rings. The van der Waals surface area contributed by atoms with Crippen molar-refractivity contribution in [3.63, 3.8) is 0 Å². The van der Waals surface area contributed by atoms with Crippen LogP contribution in [0.25, 0.3) is 0 Å².